The van der Waals surface area contributed by atoms with Crippen molar-refractivity contribution >= 4 is 46.4 Å². The number of rotatable bonds is 2. The molecule has 0 aliphatic carbocycles. The third kappa shape index (κ3) is 3.05. The van der Waals surface area contributed by atoms with Gasteiger partial charge < -0.3 is 5.32 Å². The van der Waals surface area contributed by atoms with Crippen LogP contribution in [0.3, 0.4) is 0 Å². The number of hydrogen-bond donors (Lipinski definition) is 1. The Morgan fingerprint density at radius 3 is 2.64 bits per heavy atom. The highest BCUT2D eigenvalue weighted by atomic mass is 35.5. The normalized spacial score (nSPS) is 10.4. The largest absolute Gasteiger partial charge is 0.323 e. The van der Waals surface area contributed by atoms with Crippen LogP contribution in [0.4, 0.5) is 5.69 Å². The molecule has 0 unspecified atom stereocenters. The van der Waals surface area contributed by atoms with E-state index in [0.29, 0.717) is 10.7 Å². The zero-order valence-corrected chi connectivity index (χ0v) is 9.62. The lowest BCUT2D eigenvalue weighted by Gasteiger charge is -2.08. The molecule has 0 aliphatic heterocycles. The first-order chi connectivity index (χ1) is 6.50. The van der Waals surface area contributed by atoms with E-state index < -0.39 is 10.7 Å². The SMILES string of the molecule is Cc1ccc(Cl)cc1NC(=O)C(Cl)Cl. The third-order valence-electron chi connectivity index (χ3n) is 1.66. The van der Waals surface area contributed by atoms with Gasteiger partial charge in [-0.2, -0.15) is 0 Å². The molecule has 0 aliphatic rings. The maximum atomic E-state index is 11.2. The van der Waals surface area contributed by atoms with Gasteiger partial charge in [0.1, 0.15) is 0 Å². The summed E-state index contributed by atoms with van der Waals surface area (Å²) in [7, 11) is 0. The lowest BCUT2D eigenvalue weighted by molar-refractivity contribution is -0.114. The predicted molar refractivity (Wildman–Crippen MR) is 60.3 cm³/mol. The second-order valence-corrected chi connectivity index (χ2v) is 4.28. The second-order valence-electron chi connectivity index (χ2n) is 2.75. The van der Waals surface area contributed by atoms with E-state index in [1.54, 1.807) is 18.2 Å². The summed E-state index contributed by atoms with van der Waals surface area (Å²) in [5, 5.41) is 3.11. The Labute approximate surface area is 97.1 Å². The molecule has 0 saturated heterocycles. The Kier molecular flexibility index (Phi) is 4.05. The number of carbonyl (C=O) groups is 1. The number of hydrogen-bond acceptors (Lipinski definition) is 1. The van der Waals surface area contributed by atoms with Gasteiger partial charge in [-0.25, -0.2) is 0 Å². The molecule has 0 fully saturated rings. The zero-order valence-electron chi connectivity index (χ0n) is 7.35. The minimum atomic E-state index is -1.08. The van der Waals surface area contributed by atoms with Crippen LogP contribution in [0.25, 0.3) is 0 Å². The van der Waals surface area contributed by atoms with Crippen LogP contribution in [0.15, 0.2) is 18.2 Å². The molecule has 0 saturated carbocycles. The van der Waals surface area contributed by atoms with E-state index in [4.69, 9.17) is 34.8 Å². The molecule has 76 valence electrons. The van der Waals surface area contributed by atoms with Crippen molar-refractivity contribution in [3.63, 3.8) is 0 Å². The fourth-order valence-electron chi connectivity index (χ4n) is 0.916. The molecule has 0 radical (unpaired) electrons. The number of anilines is 1. The van der Waals surface area contributed by atoms with Gasteiger partial charge in [0, 0.05) is 10.7 Å². The molecule has 1 N–H and O–H groups in total. The van der Waals surface area contributed by atoms with E-state index in [1.807, 2.05) is 6.92 Å². The van der Waals surface area contributed by atoms with Crippen molar-refractivity contribution in [2.75, 3.05) is 5.32 Å². The number of benzene rings is 1. The molecule has 1 amide bonds. The third-order valence-corrected chi connectivity index (χ3v) is 2.29. The maximum Gasteiger partial charge on any atom is 0.257 e. The van der Waals surface area contributed by atoms with Crippen molar-refractivity contribution in [3.8, 4) is 0 Å². The number of aryl methyl sites for hydroxylation is 1. The van der Waals surface area contributed by atoms with Crippen molar-refractivity contribution in [2.24, 2.45) is 0 Å². The van der Waals surface area contributed by atoms with Crippen LogP contribution in [0.2, 0.25) is 5.02 Å². The Hall–Kier alpha value is -0.440. The van der Waals surface area contributed by atoms with Crippen molar-refractivity contribution < 1.29 is 4.79 Å². The smallest absolute Gasteiger partial charge is 0.257 e. The van der Waals surface area contributed by atoms with Crippen LogP contribution in [0.1, 0.15) is 5.56 Å². The van der Waals surface area contributed by atoms with E-state index in [-0.39, 0.29) is 0 Å². The fourth-order valence-corrected chi connectivity index (χ4v) is 1.20. The molecule has 0 atom stereocenters. The quantitative estimate of drug-likeness (QED) is 0.803. The van der Waals surface area contributed by atoms with E-state index >= 15 is 0 Å². The molecule has 14 heavy (non-hydrogen) atoms. The number of amides is 1. The lowest BCUT2D eigenvalue weighted by Crippen LogP contribution is -2.19. The van der Waals surface area contributed by atoms with Gasteiger partial charge >= 0.3 is 0 Å². The highest BCUT2D eigenvalue weighted by Gasteiger charge is 2.12. The van der Waals surface area contributed by atoms with Gasteiger partial charge in [-0.05, 0) is 24.6 Å². The van der Waals surface area contributed by atoms with Gasteiger partial charge in [0.05, 0.1) is 0 Å². The van der Waals surface area contributed by atoms with Crippen LogP contribution in [-0.4, -0.2) is 10.7 Å². The molecule has 1 aromatic rings. The molecule has 1 rings (SSSR count). The number of carbonyl (C=O) groups excluding carboxylic acids is 1. The molecule has 5 heteroatoms. The van der Waals surface area contributed by atoms with Crippen molar-refractivity contribution in [1.82, 2.24) is 0 Å². The minimum absolute atomic E-state index is 0.460. The number of alkyl halides is 2. The zero-order chi connectivity index (χ0) is 10.7. The van der Waals surface area contributed by atoms with Gasteiger partial charge in [-0.15, -0.1) is 0 Å². The fraction of sp³-hybridized carbons (Fsp3) is 0.222. The first-order valence-corrected chi connectivity index (χ1v) is 5.11. The second kappa shape index (κ2) is 4.87. The van der Waals surface area contributed by atoms with Crippen LogP contribution >= 0.6 is 34.8 Å². The summed E-state index contributed by atoms with van der Waals surface area (Å²) in [6.07, 6.45) is 0. The summed E-state index contributed by atoms with van der Waals surface area (Å²) in [5.41, 5.74) is 1.52. The van der Waals surface area contributed by atoms with E-state index in [2.05, 4.69) is 5.32 Å². The highest BCUT2D eigenvalue weighted by molar-refractivity contribution is 6.54. The van der Waals surface area contributed by atoms with Gasteiger partial charge in [0.25, 0.3) is 5.91 Å². The summed E-state index contributed by atoms with van der Waals surface area (Å²) < 4.78 is 0. The molecular weight excluding hydrogens is 244 g/mol. The molecule has 1 aromatic carbocycles. The van der Waals surface area contributed by atoms with Gasteiger partial charge in [0.15, 0.2) is 4.84 Å². The summed E-state index contributed by atoms with van der Waals surface area (Å²) in [5.74, 6) is -0.460. The lowest BCUT2D eigenvalue weighted by atomic mass is 10.2. The molecule has 0 aromatic heterocycles. The number of nitrogens with one attached hydrogen (secondary N) is 1. The maximum absolute atomic E-state index is 11.2. The molecule has 0 bridgehead atoms. The van der Waals surface area contributed by atoms with Crippen LogP contribution in [-0.2, 0) is 4.79 Å². The van der Waals surface area contributed by atoms with Crippen LogP contribution < -0.4 is 5.32 Å². The van der Waals surface area contributed by atoms with Crippen LogP contribution in [0, 0.1) is 6.92 Å². The molecular formula is C9H8Cl3NO. The summed E-state index contributed by atoms with van der Waals surface area (Å²) in [6, 6.07) is 5.19. The van der Waals surface area contributed by atoms with Gasteiger partial charge in [-0.1, -0.05) is 40.9 Å². The van der Waals surface area contributed by atoms with E-state index in [0.717, 1.165) is 5.56 Å². The van der Waals surface area contributed by atoms with Crippen molar-refractivity contribution in [1.29, 1.82) is 0 Å². The van der Waals surface area contributed by atoms with Gasteiger partial charge in [0.2, 0.25) is 0 Å². The molecule has 2 nitrogen and oxygen atoms in total. The summed E-state index contributed by atoms with van der Waals surface area (Å²) in [4.78, 5) is 10.1. The minimum Gasteiger partial charge on any atom is -0.323 e. The standard InChI is InChI=1S/C9H8Cl3NO/c1-5-2-3-6(10)4-7(5)13-9(14)8(11)12/h2-4,8H,1H3,(H,13,14). The highest BCUT2D eigenvalue weighted by Crippen LogP contribution is 2.20. The monoisotopic (exact) mass is 251 g/mol. The first kappa shape index (κ1) is 11.6. The summed E-state index contributed by atoms with van der Waals surface area (Å²) in [6.45, 7) is 1.85. The van der Waals surface area contributed by atoms with Crippen molar-refractivity contribution in [3.05, 3.63) is 28.8 Å². The molecule has 0 spiro atoms. The average Bonchev–Trinajstić information content (AvgIpc) is 2.11. The first-order valence-electron chi connectivity index (χ1n) is 3.86. The average molecular weight is 253 g/mol. The van der Waals surface area contributed by atoms with Gasteiger partial charge in [-0.3, -0.25) is 4.79 Å². The number of halogens is 3. The van der Waals surface area contributed by atoms with E-state index in [1.165, 1.54) is 0 Å². The topological polar surface area (TPSA) is 29.1 Å². The Balaban J connectivity index is 2.86. The van der Waals surface area contributed by atoms with Crippen LogP contribution in [0.5, 0.6) is 0 Å². The Bertz CT molecular complexity index is 352. The summed E-state index contributed by atoms with van der Waals surface area (Å²) >= 11 is 16.5. The van der Waals surface area contributed by atoms with E-state index in [9.17, 15) is 4.79 Å². The molecule has 0 heterocycles. The predicted octanol–water partition coefficient (Wildman–Crippen LogP) is 3.39. The van der Waals surface area contributed by atoms with Crippen molar-refractivity contribution in [2.45, 2.75) is 11.8 Å². The Morgan fingerprint density at radius 1 is 1.43 bits per heavy atom. The Morgan fingerprint density at radius 2 is 2.07 bits per heavy atom.